The standard InChI is InChI=1S/C22H19F2N7O/c1-2-15(29-20-18-19(26-10-25-18)27-11-28-20)21-30-16-8-7-12(23)9-13(16)22(32)31(21)17-6-4-3-5-14(17)24/h3-9,11,15,25H,2,10H2,1H3,(H2,26,27,28,29). The Hall–Kier alpha value is -4.08. The Bertz CT molecular complexity index is 1390. The fourth-order valence-electron chi connectivity index (χ4n) is 3.80. The zero-order valence-electron chi connectivity index (χ0n) is 17.1. The van der Waals surface area contributed by atoms with E-state index in [4.69, 9.17) is 0 Å². The summed E-state index contributed by atoms with van der Waals surface area (Å²) in [6, 6.07) is 9.23. The van der Waals surface area contributed by atoms with Crippen LogP contribution in [0.1, 0.15) is 25.2 Å². The molecule has 0 aliphatic carbocycles. The zero-order chi connectivity index (χ0) is 22.2. The molecule has 2 aromatic heterocycles. The number of rotatable bonds is 5. The van der Waals surface area contributed by atoms with Crippen LogP contribution in [0.3, 0.4) is 0 Å². The molecule has 4 aromatic rings. The molecule has 0 saturated carbocycles. The number of hydrogen-bond acceptors (Lipinski definition) is 7. The molecule has 0 saturated heterocycles. The van der Waals surface area contributed by atoms with Gasteiger partial charge in [0.05, 0.1) is 29.3 Å². The van der Waals surface area contributed by atoms with Crippen molar-refractivity contribution in [1.82, 2.24) is 19.5 Å². The highest BCUT2D eigenvalue weighted by molar-refractivity contribution is 5.81. The first-order valence-electron chi connectivity index (χ1n) is 10.1. The van der Waals surface area contributed by atoms with Crippen LogP contribution in [0.15, 0.2) is 53.6 Å². The van der Waals surface area contributed by atoms with Crippen LogP contribution in [0.5, 0.6) is 0 Å². The number of nitrogens with one attached hydrogen (secondary N) is 3. The van der Waals surface area contributed by atoms with Gasteiger partial charge in [0.2, 0.25) is 0 Å². The second-order valence-electron chi connectivity index (χ2n) is 7.30. The molecule has 0 spiro atoms. The van der Waals surface area contributed by atoms with Crippen molar-refractivity contribution in [2.45, 2.75) is 19.4 Å². The minimum Gasteiger partial charge on any atom is -0.362 e. The van der Waals surface area contributed by atoms with Gasteiger partial charge in [0.15, 0.2) is 11.6 Å². The Labute approximate surface area is 181 Å². The van der Waals surface area contributed by atoms with Crippen LogP contribution < -0.4 is 21.5 Å². The van der Waals surface area contributed by atoms with Crippen molar-refractivity contribution in [1.29, 1.82) is 0 Å². The van der Waals surface area contributed by atoms with Crippen molar-refractivity contribution in [3.05, 3.63) is 76.6 Å². The van der Waals surface area contributed by atoms with Crippen LogP contribution in [0, 0.1) is 11.6 Å². The molecule has 1 aliphatic heterocycles. The molecule has 162 valence electrons. The number of aromatic nitrogens is 4. The lowest BCUT2D eigenvalue weighted by Crippen LogP contribution is -2.29. The van der Waals surface area contributed by atoms with Gasteiger partial charge in [-0.1, -0.05) is 19.1 Å². The van der Waals surface area contributed by atoms with Crippen molar-refractivity contribution in [2.75, 3.05) is 22.6 Å². The van der Waals surface area contributed by atoms with Gasteiger partial charge in [-0.25, -0.2) is 23.7 Å². The molecule has 0 bridgehead atoms. The van der Waals surface area contributed by atoms with E-state index in [2.05, 4.69) is 30.9 Å². The zero-order valence-corrected chi connectivity index (χ0v) is 17.1. The monoisotopic (exact) mass is 435 g/mol. The molecule has 3 N–H and O–H groups in total. The van der Waals surface area contributed by atoms with Crippen LogP contribution in [-0.4, -0.2) is 26.2 Å². The summed E-state index contributed by atoms with van der Waals surface area (Å²) in [5.74, 6) is 0.327. The van der Waals surface area contributed by atoms with Crippen molar-refractivity contribution in [3.8, 4) is 5.69 Å². The smallest absolute Gasteiger partial charge is 0.266 e. The summed E-state index contributed by atoms with van der Waals surface area (Å²) in [7, 11) is 0. The summed E-state index contributed by atoms with van der Waals surface area (Å²) in [5.41, 5.74) is 0.516. The first-order chi connectivity index (χ1) is 15.6. The van der Waals surface area contributed by atoms with E-state index in [9.17, 15) is 13.6 Å². The quantitative estimate of drug-likeness (QED) is 0.439. The molecule has 10 heteroatoms. The molecule has 5 rings (SSSR count). The molecular formula is C22H19F2N7O. The topological polar surface area (TPSA) is 96.8 Å². The Kier molecular flexibility index (Phi) is 4.89. The minimum absolute atomic E-state index is 0.0409. The number of anilines is 3. The van der Waals surface area contributed by atoms with Gasteiger partial charge in [0.1, 0.15) is 29.5 Å². The number of benzene rings is 2. The molecule has 1 unspecified atom stereocenters. The van der Waals surface area contributed by atoms with E-state index < -0.39 is 23.2 Å². The van der Waals surface area contributed by atoms with Crippen molar-refractivity contribution in [3.63, 3.8) is 0 Å². The molecule has 0 radical (unpaired) electrons. The average molecular weight is 435 g/mol. The minimum atomic E-state index is -0.586. The summed E-state index contributed by atoms with van der Waals surface area (Å²) in [6.45, 7) is 2.43. The van der Waals surface area contributed by atoms with Crippen molar-refractivity contribution >= 4 is 28.2 Å². The Morgan fingerprint density at radius 2 is 2.00 bits per heavy atom. The van der Waals surface area contributed by atoms with Gasteiger partial charge in [-0.2, -0.15) is 0 Å². The maximum Gasteiger partial charge on any atom is 0.266 e. The summed E-state index contributed by atoms with van der Waals surface area (Å²) in [5, 5.41) is 9.64. The molecule has 0 fully saturated rings. The van der Waals surface area contributed by atoms with Crippen LogP contribution in [0.2, 0.25) is 0 Å². The van der Waals surface area contributed by atoms with Crippen molar-refractivity contribution < 1.29 is 8.78 Å². The van der Waals surface area contributed by atoms with Gasteiger partial charge >= 0.3 is 0 Å². The lowest BCUT2D eigenvalue weighted by atomic mass is 10.1. The van der Waals surface area contributed by atoms with Gasteiger partial charge in [-0.3, -0.25) is 9.36 Å². The lowest BCUT2D eigenvalue weighted by molar-refractivity contribution is 0.598. The number of halogens is 2. The Morgan fingerprint density at radius 3 is 2.81 bits per heavy atom. The van der Waals surface area contributed by atoms with Crippen molar-refractivity contribution in [2.24, 2.45) is 0 Å². The highest BCUT2D eigenvalue weighted by Crippen LogP contribution is 2.33. The molecule has 3 heterocycles. The molecule has 0 amide bonds. The second kappa shape index (κ2) is 7.88. The maximum atomic E-state index is 14.8. The third-order valence-electron chi connectivity index (χ3n) is 5.35. The predicted molar refractivity (Wildman–Crippen MR) is 118 cm³/mol. The second-order valence-corrected chi connectivity index (χ2v) is 7.30. The third-order valence-corrected chi connectivity index (χ3v) is 5.35. The van der Waals surface area contributed by atoms with E-state index in [0.717, 1.165) is 6.07 Å². The van der Waals surface area contributed by atoms with Gasteiger partial charge in [0, 0.05) is 0 Å². The number of hydrogen-bond donors (Lipinski definition) is 3. The Morgan fingerprint density at radius 1 is 1.16 bits per heavy atom. The number of nitrogens with zero attached hydrogens (tertiary/aromatic N) is 4. The highest BCUT2D eigenvalue weighted by Gasteiger charge is 2.24. The first kappa shape index (κ1) is 19.9. The SMILES string of the molecule is CCC(Nc1ncnc2c1NCN2)c1nc2ccc(F)cc2c(=O)n1-c1ccccc1F. The molecule has 2 aromatic carbocycles. The molecule has 1 aliphatic rings. The molecular weight excluding hydrogens is 416 g/mol. The third kappa shape index (κ3) is 3.29. The first-order valence-corrected chi connectivity index (χ1v) is 10.1. The van der Waals surface area contributed by atoms with Gasteiger partial charge in [-0.05, 0) is 36.8 Å². The van der Waals surface area contributed by atoms with E-state index in [1.54, 1.807) is 6.07 Å². The highest BCUT2D eigenvalue weighted by atomic mass is 19.1. The normalized spacial score (nSPS) is 13.3. The largest absolute Gasteiger partial charge is 0.362 e. The van der Waals surface area contributed by atoms with Crippen LogP contribution in [0.4, 0.5) is 26.1 Å². The van der Waals surface area contributed by atoms with E-state index in [1.807, 2.05) is 6.92 Å². The fraction of sp³-hybridized carbons (Fsp3) is 0.182. The summed E-state index contributed by atoms with van der Waals surface area (Å²) in [6.07, 6.45) is 1.94. The maximum absolute atomic E-state index is 14.8. The summed E-state index contributed by atoms with van der Waals surface area (Å²) < 4.78 is 29.8. The van der Waals surface area contributed by atoms with E-state index in [1.165, 1.54) is 41.2 Å². The van der Waals surface area contributed by atoms with Gasteiger partial charge in [0.25, 0.3) is 5.56 Å². The van der Waals surface area contributed by atoms with Crippen LogP contribution in [0.25, 0.3) is 16.6 Å². The van der Waals surface area contributed by atoms with E-state index >= 15 is 0 Å². The van der Waals surface area contributed by atoms with E-state index in [0.29, 0.717) is 41.8 Å². The van der Waals surface area contributed by atoms with Crippen LogP contribution in [-0.2, 0) is 0 Å². The van der Waals surface area contributed by atoms with E-state index in [-0.39, 0.29) is 11.1 Å². The molecule has 32 heavy (non-hydrogen) atoms. The fourth-order valence-corrected chi connectivity index (χ4v) is 3.80. The summed E-state index contributed by atoms with van der Waals surface area (Å²) in [4.78, 5) is 26.6. The number of para-hydroxylation sites is 1. The van der Waals surface area contributed by atoms with Gasteiger partial charge < -0.3 is 16.0 Å². The number of fused-ring (bicyclic) bond motifs is 2. The lowest BCUT2D eigenvalue weighted by Gasteiger charge is -2.23. The van der Waals surface area contributed by atoms with Gasteiger partial charge in [-0.15, -0.1) is 0 Å². The summed E-state index contributed by atoms with van der Waals surface area (Å²) >= 11 is 0. The predicted octanol–water partition coefficient (Wildman–Crippen LogP) is 3.81. The molecule has 1 atom stereocenters. The average Bonchev–Trinajstić information content (AvgIpc) is 3.28. The van der Waals surface area contributed by atoms with Crippen LogP contribution >= 0.6 is 0 Å². The molecule has 8 nitrogen and oxygen atoms in total. The Balaban J connectivity index is 1.72.